The first-order chi connectivity index (χ1) is 7.16. The Bertz CT molecular complexity index is 352. The van der Waals surface area contributed by atoms with Gasteiger partial charge in [-0.15, -0.1) is 0 Å². The molecule has 2 rings (SSSR count). The summed E-state index contributed by atoms with van der Waals surface area (Å²) in [5.74, 6) is 0. The maximum Gasteiger partial charge on any atom is 0.104 e. The standard InChI is InChI=1S/C11H12BrClO2/c1-7(14-5-9-6-15-9)10-4-8(13)2-3-11(10)12/h2-4,7,9H,5-6H2,1H3/t7-,9?/m1/s1. The molecule has 1 fully saturated rings. The van der Waals surface area contributed by atoms with Crippen molar-refractivity contribution < 1.29 is 9.47 Å². The van der Waals surface area contributed by atoms with Crippen LogP contribution in [0.2, 0.25) is 5.02 Å². The Kier molecular flexibility index (Phi) is 3.67. The number of ether oxygens (including phenoxy) is 2. The van der Waals surface area contributed by atoms with E-state index in [4.69, 9.17) is 21.1 Å². The third kappa shape index (κ3) is 3.18. The molecule has 0 aromatic heterocycles. The quantitative estimate of drug-likeness (QED) is 0.791. The highest BCUT2D eigenvalue weighted by Gasteiger charge is 2.24. The van der Waals surface area contributed by atoms with E-state index in [0.29, 0.717) is 12.7 Å². The zero-order valence-corrected chi connectivity index (χ0v) is 10.7. The molecule has 0 amide bonds. The summed E-state index contributed by atoms with van der Waals surface area (Å²) < 4.78 is 11.8. The second kappa shape index (κ2) is 4.83. The monoisotopic (exact) mass is 290 g/mol. The summed E-state index contributed by atoms with van der Waals surface area (Å²) in [6.45, 7) is 3.49. The van der Waals surface area contributed by atoms with Gasteiger partial charge < -0.3 is 9.47 Å². The molecule has 1 aliphatic rings. The van der Waals surface area contributed by atoms with Gasteiger partial charge in [0.25, 0.3) is 0 Å². The van der Waals surface area contributed by atoms with Gasteiger partial charge in [-0.2, -0.15) is 0 Å². The minimum Gasteiger partial charge on any atom is -0.371 e. The van der Waals surface area contributed by atoms with Crippen LogP contribution < -0.4 is 0 Å². The first-order valence-corrected chi connectivity index (χ1v) is 6.02. The van der Waals surface area contributed by atoms with E-state index in [2.05, 4.69) is 15.9 Å². The van der Waals surface area contributed by atoms with Crippen LogP contribution in [0.1, 0.15) is 18.6 Å². The van der Waals surface area contributed by atoms with Gasteiger partial charge in [-0.25, -0.2) is 0 Å². The van der Waals surface area contributed by atoms with Crippen molar-refractivity contribution in [3.8, 4) is 0 Å². The van der Waals surface area contributed by atoms with E-state index in [1.54, 1.807) is 0 Å². The van der Waals surface area contributed by atoms with Crippen molar-refractivity contribution in [3.63, 3.8) is 0 Å². The maximum atomic E-state index is 5.93. The summed E-state index contributed by atoms with van der Waals surface area (Å²) >= 11 is 9.42. The van der Waals surface area contributed by atoms with Gasteiger partial charge in [0.2, 0.25) is 0 Å². The molecule has 2 nitrogen and oxygen atoms in total. The summed E-state index contributed by atoms with van der Waals surface area (Å²) in [4.78, 5) is 0. The number of benzene rings is 1. The molecular formula is C11H12BrClO2. The van der Waals surface area contributed by atoms with Crippen LogP contribution in [0.4, 0.5) is 0 Å². The average molecular weight is 292 g/mol. The smallest absolute Gasteiger partial charge is 0.104 e. The molecule has 1 unspecified atom stereocenters. The topological polar surface area (TPSA) is 21.8 Å². The van der Waals surface area contributed by atoms with Gasteiger partial charge in [-0.3, -0.25) is 0 Å². The van der Waals surface area contributed by atoms with Gasteiger partial charge in [0.1, 0.15) is 6.10 Å². The van der Waals surface area contributed by atoms with E-state index in [1.807, 2.05) is 25.1 Å². The molecule has 1 saturated heterocycles. The third-order valence-corrected chi connectivity index (χ3v) is 3.29. The number of epoxide rings is 1. The number of hydrogen-bond donors (Lipinski definition) is 0. The third-order valence-electron chi connectivity index (χ3n) is 2.33. The second-order valence-corrected chi connectivity index (χ2v) is 4.89. The van der Waals surface area contributed by atoms with E-state index in [0.717, 1.165) is 21.7 Å². The zero-order valence-electron chi connectivity index (χ0n) is 8.37. The van der Waals surface area contributed by atoms with E-state index in [9.17, 15) is 0 Å². The predicted octanol–water partition coefficient (Wildman–Crippen LogP) is 3.58. The summed E-state index contributed by atoms with van der Waals surface area (Å²) in [7, 11) is 0. The van der Waals surface area contributed by atoms with Crippen LogP contribution in [0.3, 0.4) is 0 Å². The molecule has 1 aromatic carbocycles. The Labute approximate surface area is 103 Å². The van der Waals surface area contributed by atoms with Gasteiger partial charge in [0, 0.05) is 9.50 Å². The summed E-state index contributed by atoms with van der Waals surface area (Å²) in [5.41, 5.74) is 1.07. The maximum absolute atomic E-state index is 5.93. The van der Waals surface area contributed by atoms with E-state index < -0.39 is 0 Å². The molecule has 0 saturated carbocycles. The highest BCUT2D eigenvalue weighted by Crippen LogP contribution is 2.29. The van der Waals surface area contributed by atoms with Gasteiger partial charge in [-0.05, 0) is 30.7 Å². The van der Waals surface area contributed by atoms with Crippen LogP contribution >= 0.6 is 27.5 Å². The zero-order chi connectivity index (χ0) is 10.8. The lowest BCUT2D eigenvalue weighted by Crippen LogP contribution is -2.06. The summed E-state index contributed by atoms with van der Waals surface area (Å²) in [5, 5.41) is 0.728. The van der Waals surface area contributed by atoms with Crippen LogP contribution in [0.15, 0.2) is 22.7 Å². The largest absolute Gasteiger partial charge is 0.371 e. The Morgan fingerprint density at radius 1 is 1.67 bits per heavy atom. The lowest BCUT2D eigenvalue weighted by atomic mass is 10.1. The van der Waals surface area contributed by atoms with Crippen molar-refractivity contribution in [2.24, 2.45) is 0 Å². The highest BCUT2D eigenvalue weighted by molar-refractivity contribution is 9.10. The Morgan fingerprint density at radius 2 is 2.40 bits per heavy atom. The van der Waals surface area contributed by atoms with Crippen LogP contribution in [0, 0.1) is 0 Å². The van der Waals surface area contributed by atoms with Crippen molar-refractivity contribution in [2.75, 3.05) is 13.2 Å². The minimum atomic E-state index is 0.0299. The average Bonchev–Trinajstić information content (AvgIpc) is 3.02. The molecule has 0 bridgehead atoms. The number of halogens is 2. The highest BCUT2D eigenvalue weighted by atomic mass is 79.9. The van der Waals surface area contributed by atoms with Crippen molar-refractivity contribution >= 4 is 27.5 Å². The summed E-state index contributed by atoms with van der Waals surface area (Å²) in [6.07, 6.45) is 0.327. The molecule has 1 aliphatic heterocycles. The molecule has 0 radical (unpaired) electrons. The molecule has 2 atom stereocenters. The SMILES string of the molecule is C[C@@H](OCC1CO1)c1cc(Cl)ccc1Br. The van der Waals surface area contributed by atoms with Crippen LogP contribution in [0.5, 0.6) is 0 Å². The predicted molar refractivity (Wildman–Crippen MR) is 63.3 cm³/mol. The van der Waals surface area contributed by atoms with Gasteiger partial charge in [-0.1, -0.05) is 27.5 Å². The lowest BCUT2D eigenvalue weighted by molar-refractivity contribution is 0.0535. The Balaban J connectivity index is 2.02. The van der Waals surface area contributed by atoms with Crippen LogP contribution in [-0.2, 0) is 9.47 Å². The Morgan fingerprint density at radius 3 is 3.07 bits per heavy atom. The molecule has 0 N–H and O–H groups in total. The van der Waals surface area contributed by atoms with E-state index in [1.165, 1.54) is 0 Å². The fourth-order valence-electron chi connectivity index (χ4n) is 1.33. The van der Waals surface area contributed by atoms with Crippen LogP contribution in [-0.4, -0.2) is 19.3 Å². The number of hydrogen-bond acceptors (Lipinski definition) is 2. The normalized spacial score (nSPS) is 21.4. The fourth-order valence-corrected chi connectivity index (χ4v) is 2.08. The molecule has 0 aliphatic carbocycles. The van der Waals surface area contributed by atoms with Gasteiger partial charge >= 0.3 is 0 Å². The van der Waals surface area contributed by atoms with Gasteiger partial charge in [0.05, 0.1) is 19.3 Å². The fraction of sp³-hybridized carbons (Fsp3) is 0.455. The molecule has 82 valence electrons. The summed E-state index contributed by atoms with van der Waals surface area (Å²) in [6, 6.07) is 5.71. The number of rotatable bonds is 4. The molecule has 15 heavy (non-hydrogen) atoms. The van der Waals surface area contributed by atoms with Gasteiger partial charge in [0.15, 0.2) is 0 Å². The molecule has 1 aromatic rings. The molecule has 0 spiro atoms. The van der Waals surface area contributed by atoms with Crippen molar-refractivity contribution in [2.45, 2.75) is 19.1 Å². The van der Waals surface area contributed by atoms with Crippen molar-refractivity contribution in [1.82, 2.24) is 0 Å². The second-order valence-electron chi connectivity index (χ2n) is 3.60. The minimum absolute atomic E-state index is 0.0299. The van der Waals surface area contributed by atoms with E-state index in [-0.39, 0.29) is 6.10 Å². The first kappa shape index (κ1) is 11.4. The van der Waals surface area contributed by atoms with Crippen LogP contribution in [0.25, 0.3) is 0 Å². The Hall–Kier alpha value is -0.0900. The van der Waals surface area contributed by atoms with Crippen molar-refractivity contribution in [3.05, 3.63) is 33.3 Å². The molecular weight excluding hydrogens is 279 g/mol. The molecule has 4 heteroatoms. The molecule has 1 heterocycles. The van der Waals surface area contributed by atoms with Crippen molar-refractivity contribution in [1.29, 1.82) is 0 Å². The lowest BCUT2D eigenvalue weighted by Gasteiger charge is -2.14. The first-order valence-electron chi connectivity index (χ1n) is 4.85. The van der Waals surface area contributed by atoms with E-state index >= 15 is 0 Å².